The summed E-state index contributed by atoms with van der Waals surface area (Å²) in [6.45, 7) is 2.05. The molecule has 6 nitrogen and oxygen atoms in total. The Morgan fingerprint density at radius 2 is 1.81 bits per heavy atom. The molecule has 3 aromatic carbocycles. The van der Waals surface area contributed by atoms with E-state index in [0.29, 0.717) is 28.7 Å². The van der Waals surface area contributed by atoms with Gasteiger partial charge in [0, 0.05) is 18.2 Å². The molecule has 0 spiro atoms. The second-order valence-corrected chi connectivity index (χ2v) is 7.70. The monoisotopic (exact) mass is 455 g/mol. The smallest absolute Gasteiger partial charge is 0.323 e. The molecular weight excluding hydrogens is 430 g/mol. The number of rotatable bonds is 10. The van der Waals surface area contributed by atoms with Crippen molar-refractivity contribution in [3.05, 3.63) is 82.4 Å². The van der Waals surface area contributed by atoms with E-state index in [4.69, 9.17) is 26.2 Å². The van der Waals surface area contributed by atoms with Crippen LogP contribution in [0.4, 0.5) is 0 Å². The van der Waals surface area contributed by atoms with Crippen LogP contribution in [0.2, 0.25) is 5.02 Å². The van der Waals surface area contributed by atoms with Crippen molar-refractivity contribution in [2.24, 2.45) is 0 Å². The van der Waals surface area contributed by atoms with Gasteiger partial charge in [-0.15, -0.1) is 0 Å². The number of carbonyl (C=O) groups is 1. The molecule has 3 rings (SSSR count). The van der Waals surface area contributed by atoms with Crippen molar-refractivity contribution in [1.82, 2.24) is 5.32 Å². The first-order valence-corrected chi connectivity index (χ1v) is 10.5. The Bertz CT molecular complexity index is 1070. The van der Waals surface area contributed by atoms with Crippen LogP contribution in [-0.4, -0.2) is 35.9 Å². The number of hydrogen-bond acceptors (Lipinski definition) is 5. The highest BCUT2D eigenvalue weighted by Crippen LogP contribution is 2.34. The van der Waals surface area contributed by atoms with Gasteiger partial charge in [0.15, 0.2) is 0 Å². The van der Waals surface area contributed by atoms with Gasteiger partial charge in [0.25, 0.3) is 0 Å². The van der Waals surface area contributed by atoms with E-state index >= 15 is 0 Å². The maximum Gasteiger partial charge on any atom is 0.323 e. The van der Waals surface area contributed by atoms with Crippen molar-refractivity contribution in [3.63, 3.8) is 0 Å². The van der Waals surface area contributed by atoms with Crippen LogP contribution in [0.1, 0.15) is 16.7 Å². The summed E-state index contributed by atoms with van der Waals surface area (Å²) in [6, 6.07) is 18.6. The molecule has 0 aromatic heterocycles. The standard InChI is InChI=1S/C25H26ClNO5/c1-16-18(9-6-10-20(16)17-7-4-3-5-8-17)15-32-24-12-23(31-2)19(11-21(24)26)13-27-22(14-28)25(29)30/h3-12,22,27-28H,13-15H2,1-2H3,(H,29,30)/t22-/m1/s1. The van der Waals surface area contributed by atoms with Crippen molar-refractivity contribution in [2.75, 3.05) is 13.7 Å². The van der Waals surface area contributed by atoms with Gasteiger partial charge in [0.05, 0.1) is 18.7 Å². The molecule has 0 bridgehead atoms. The topological polar surface area (TPSA) is 88.0 Å². The molecule has 0 saturated carbocycles. The first-order valence-electron chi connectivity index (χ1n) is 10.1. The van der Waals surface area contributed by atoms with Crippen molar-refractivity contribution in [3.8, 4) is 22.6 Å². The molecule has 0 amide bonds. The Labute approximate surface area is 192 Å². The largest absolute Gasteiger partial charge is 0.496 e. The number of aliphatic hydroxyl groups is 1. The number of nitrogens with one attached hydrogen (secondary N) is 1. The van der Waals surface area contributed by atoms with Crippen LogP contribution in [0, 0.1) is 6.92 Å². The van der Waals surface area contributed by atoms with Crippen molar-refractivity contribution >= 4 is 17.6 Å². The summed E-state index contributed by atoms with van der Waals surface area (Å²) in [5.41, 5.74) is 5.12. The zero-order chi connectivity index (χ0) is 23.1. The Morgan fingerprint density at radius 1 is 1.06 bits per heavy atom. The Hall–Kier alpha value is -3.06. The third kappa shape index (κ3) is 5.59. The predicted octanol–water partition coefficient (Wildman–Crippen LogP) is 4.44. The lowest BCUT2D eigenvalue weighted by Gasteiger charge is -2.17. The summed E-state index contributed by atoms with van der Waals surface area (Å²) < 4.78 is 11.4. The molecule has 7 heteroatoms. The average Bonchev–Trinajstić information content (AvgIpc) is 2.80. The number of methoxy groups -OCH3 is 1. The zero-order valence-electron chi connectivity index (χ0n) is 18.0. The number of halogens is 1. The zero-order valence-corrected chi connectivity index (χ0v) is 18.7. The summed E-state index contributed by atoms with van der Waals surface area (Å²) in [4.78, 5) is 11.1. The number of aliphatic hydroxyl groups excluding tert-OH is 1. The summed E-state index contributed by atoms with van der Waals surface area (Å²) in [7, 11) is 1.52. The van der Waals surface area contributed by atoms with Gasteiger partial charge in [-0.25, -0.2) is 0 Å². The molecule has 0 aliphatic carbocycles. The number of carboxylic acids is 1. The quantitative estimate of drug-likeness (QED) is 0.419. The lowest BCUT2D eigenvalue weighted by Crippen LogP contribution is -2.39. The minimum atomic E-state index is -1.13. The minimum Gasteiger partial charge on any atom is -0.496 e. The molecule has 0 radical (unpaired) electrons. The summed E-state index contributed by atoms with van der Waals surface area (Å²) in [6.07, 6.45) is 0. The van der Waals surface area contributed by atoms with Crippen LogP contribution in [0.5, 0.6) is 11.5 Å². The van der Waals surface area contributed by atoms with Crippen LogP contribution in [0.15, 0.2) is 60.7 Å². The summed E-state index contributed by atoms with van der Waals surface area (Å²) >= 11 is 6.43. The molecule has 0 heterocycles. The van der Waals surface area contributed by atoms with Crippen molar-refractivity contribution < 1.29 is 24.5 Å². The normalized spacial score (nSPS) is 11.8. The summed E-state index contributed by atoms with van der Waals surface area (Å²) in [5.74, 6) is -0.159. The molecule has 3 N–H and O–H groups in total. The summed E-state index contributed by atoms with van der Waals surface area (Å²) in [5, 5.41) is 21.4. The average molecular weight is 456 g/mol. The van der Waals surface area contributed by atoms with E-state index in [9.17, 15) is 9.90 Å². The van der Waals surface area contributed by atoms with Crippen molar-refractivity contribution in [1.29, 1.82) is 0 Å². The molecule has 0 aliphatic heterocycles. The second kappa shape index (κ2) is 11.0. The molecule has 0 aliphatic rings. The van der Waals surface area contributed by atoms with Crippen LogP contribution < -0.4 is 14.8 Å². The molecule has 0 unspecified atom stereocenters. The van der Waals surface area contributed by atoms with Gasteiger partial charge < -0.3 is 19.7 Å². The lowest BCUT2D eigenvalue weighted by atomic mass is 9.97. The first kappa shape index (κ1) is 23.6. The van der Waals surface area contributed by atoms with Crippen LogP contribution in [0.3, 0.4) is 0 Å². The van der Waals surface area contributed by atoms with Gasteiger partial charge in [-0.1, -0.05) is 60.1 Å². The molecule has 32 heavy (non-hydrogen) atoms. The Kier molecular flexibility index (Phi) is 8.11. The van der Waals surface area contributed by atoms with E-state index in [2.05, 4.69) is 30.4 Å². The van der Waals surface area contributed by atoms with Gasteiger partial charge in [0.2, 0.25) is 0 Å². The highest BCUT2D eigenvalue weighted by atomic mass is 35.5. The Morgan fingerprint density at radius 3 is 2.47 bits per heavy atom. The van der Waals surface area contributed by atoms with E-state index in [1.54, 1.807) is 12.1 Å². The molecule has 0 saturated heterocycles. The first-order chi connectivity index (χ1) is 15.4. The highest BCUT2D eigenvalue weighted by Gasteiger charge is 2.17. The second-order valence-electron chi connectivity index (χ2n) is 7.29. The number of carboxylic acid groups (broad SMARTS) is 1. The third-order valence-electron chi connectivity index (χ3n) is 5.27. The van der Waals surface area contributed by atoms with E-state index in [1.165, 1.54) is 7.11 Å². The molecular formula is C25H26ClNO5. The fraction of sp³-hybridized carbons (Fsp3) is 0.240. The Balaban J connectivity index is 1.76. The number of hydrogen-bond donors (Lipinski definition) is 3. The molecule has 0 fully saturated rings. The van der Waals surface area contributed by atoms with Gasteiger partial charge in [-0.2, -0.15) is 0 Å². The maximum absolute atomic E-state index is 11.1. The van der Waals surface area contributed by atoms with Gasteiger partial charge in [-0.3, -0.25) is 10.1 Å². The fourth-order valence-corrected chi connectivity index (χ4v) is 3.64. The van der Waals surface area contributed by atoms with Crippen LogP contribution in [-0.2, 0) is 17.9 Å². The molecule has 1 atom stereocenters. The SMILES string of the molecule is COc1cc(OCc2cccc(-c3ccccc3)c2C)c(Cl)cc1CN[C@H](CO)C(=O)O. The van der Waals surface area contributed by atoms with Crippen LogP contribution in [0.25, 0.3) is 11.1 Å². The van der Waals surface area contributed by atoms with Crippen molar-refractivity contribution in [2.45, 2.75) is 26.1 Å². The van der Waals surface area contributed by atoms with E-state index in [1.807, 2.05) is 30.3 Å². The number of aliphatic carboxylic acids is 1. The molecule has 168 valence electrons. The minimum absolute atomic E-state index is 0.166. The van der Waals surface area contributed by atoms with Gasteiger partial charge >= 0.3 is 5.97 Å². The number of benzene rings is 3. The highest BCUT2D eigenvalue weighted by molar-refractivity contribution is 6.32. The van der Waals surface area contributed by atoms with Gasteiger partial charge in [-0.05, 0) is 35.2 Å². The number of ether oxygens (including phenoxy) is 2. The molecule has 3 aromatic rings. The predicted molar refractivity (Wildman–Crippen MR) is 124 cm³/mol. The van der Waals surface area contributed by atoms with E-state index < -0.39 is 18.6 Å². The van der Waals surface area contributed by atoms with Gasteiger partial charge in [0.1, 0.15) is 24.1 Å². The fourth-order valence-electron chi connectivity index (χ4n) is 3.40. The van der Waals surface area contributed by atoms with E-state index in [-0.39, 0.29) is 6.54 Å². The lowest BCUT2D eigenvalue weighted by molar-refractivity contribution is -0.140. The maximum atomic E-state index is 11.1. The van der Waals surface area contributed by atoms with Crippen LogP contribution >= 0.6 is 11.6 Å². The van der Waals surface area contributed by atoms with E-state index in [0.717, 1.165) is 22.3 Å². The third-order valence-corrected chi connectivity index (χ3v) is 5.56.